The minimum absolute atomic E-state index is 0. The molecule has 0 unspecified atom stereocenters. The van der Waals surface area contributed by atoms with E-state index in [0.29, 0.717) is 22.8 Å². The van der Waals surface area contributed by atoms with Crippen LogP contribution in [0.3, 0.4) is 0 Å². The van der Waals surface area contributed by atoms with Crippen molar-refractivity contribution in [3.8, 4) is 56.5 Å². The Morgan fingerprint density at radius 2 is 1.22 bits per heavy atom. The predicted octanol–water partition coefficient (Wildman–Crippen LogP) is 14.9. The molecular formula is C54H52N2O2Pt. The number of rotatable bonds is 8. The van der Waals surface area contributed by atoms with Crippen molar-refractivity contribution >= 4 is 21.7 Å². The summed E-state index contributed by atoms with van der Waals surface area (Å²) >= 11 is 0. The number of pyridine rings is 2. The van der Waals surface area contributed by atoms with Crippen molar-refractivity contribution in [1.29, 1.82) is 0 Å². The van der Waals surface area contributed by atoms with Gasteiger partial charge in [0.1, 0.15) is 11.3 Å². The van der Waals surface area contributed by atoms with Gasteiger partial charge in [-0.3, -0.25) is 0 Å². The van der Waals surface area contributed by atoms with Crippen LogP contribution in [-0.2, 0) is 39.3 Å². The van der Waals surface area contributed by atoms with Crippen LogP contribution in [0.5, 0.6) is 11.5 Å². The maximum absolute atomic E-state index is 6.90. The molecule has 0 spiro atoms. The van der Waals surface area contributed by atoms with Gasteiger partial charge in [-0.15, -0.1) is 23.3 Å². The van der Waals surface area contributed by atoms with Crippen molar-refractivity contribution in [2.75, 3.05) is 0 Å². The summed E-state index contributed by atoms with van der Waals surface area (Å²) in [6.45, 7) is 20.3. The molecule has 0 saturated carbocycles. The Labute approximate surface area is 364 Å². The van der Waals surface area contributed by atoms with Gasteiger partial charge in [-0.2, -0.15) is 0 Å². The summed E-state index contributed by atoms with van der Waals surface area (Å²) in [7, 11) is 0. The van der Waals surface area contributed by atoms with Gasteiger partial charge in [-0.1, -0.05) is 176 Å². The van der Waals surface area contributed by atoms with Gasteiger partial charge in [-0.05, 0) is 75.2 Å². The van der Waals surface area contributed by atoms with E-state index in [1.54, 1.807) is 0 Å². The van der Waals surface area contributed by atoms with Crippen LogP contribution in [0, 0.1) is 23.0 Å². The second kappa shape index (κ2) is 16.4. The first-order chi connectivity index (χ1) is 27.5. The van der Waals surface area contributed by atoms with Gasteiger partial charge < -0.3 is 19.1 Å². The summed E-state index contributed by atoms with van der Waals surface area (Å²) in [5.74, 6) is 1.97. The molecular weight excluding hydrogens is 904 g/mol. The van der Waals surface area contributed by atoms with Crippen molar-refractivity contribution in [3.63, 3.8) is 0 Å². The fourth-order valence-corrected chi connectivity index (χ4v) is 7.60. The molecule has 300 valence electrons. The summed E-state index contributed by atoms with van der Waals surface area (Å²) in [6.07, 6.45) is 5.74. The summed E-state index contributed by atoms with van der Waals surface area (Å²) in [6, 6.07) is 47.7. The van der Waals surface area contributed by atoms with Crippen LogP contribution in [0.1, 0.15) is 79.0 Å². The average molecular weight is 956 g/mol. The first-order valence-electron chi connectivity index (χ1n) is 20.3. The molecule has 0 aliphatic heterocycles. The Bertz CT molecular complexity index is 2740. The molecule has 0 aliphatic rings. The maximum atomic E-state index is 6.90. The minimum Gasteiger partial charge on any atom is -0.496 e. The van der Waals surface area contributed by atoms with E-state index in [1.807, 2.05) is 30.6 Å². The first kappa shape index (κ1) is 41.8. The van der Waals surface area contributed by atoms with E-state index in [4.69, 9.17) is 19.1 Å². The third-order valence-corrected chi connectivity index (χ3v) is 10.4. The zero-order chi connectivity index (χ0) is 40.8. The Morgan fingerprint density at radius 3 is 1.88 bits per heavy atom. The SMILES string of the molecule is CC(C)(C)Cc1ccc(-c2cc(Oc3[c-]c(-c4nccc5cc(-c6ccc(CC(C)(C)C)cc6)oc45)cc4ccccc34)[c-]c(-c3cc(C(C)(C)C)ccn3)c2)cc1.[Pt+2]. The van der Waals surface area contributed by atoms with Crippen molar-refractivity contribution in [2.45, 2.75) is 80.6 Å². The quantitative estimate of drug-likeness (QED) is 0.142. The minimum atomic E-state index is -0.0335. The maximum Gasteiger partial charge on any atom is 2.00 e. The number of hydrogen-bond donors (Lipinski definition) is 0. The molecule has 0 bridgehead atoms. The molecule has 0 aliphatic carbocycles. The third-order valence-electron chi connectivity index (χ3n) is 10.4. The van der Waals surface area contributed by atoms with Gasteiger partial charge >= 0.3 is 21.1 Å². The fourth-order valence-electron chi connectivity index (χ4n) is 7.60. The second-order valence-corrected chi connectivity index (χ2v) is 19.1. The van der Waals surface area contributed by atoms with Gasteiger partial charge in [0.15, 0.2) is 0 Å². The molecule has 8 aromatic rings. The van der Waals surface area contributed by atoms with Gasteiger partial charge in [0.05, 0.1) is 5.75 Å². The first-order valence-corrected chi connectivity index (χ1v) is 20.3. The van der Waals surface area contributed by atoms with Crippen molar-refractivity contribution < 1.29 is 30.2 Å². The van der Waals surface area contributed by atoms with E-state index in [-0.39, 0.29) is 37.3 Å². The van der Waals surface area contributed by atoms with Crippen molar-refractivity contribution in [2.24, 2.45) is 10.8 Å². The van der Waals surface area contributed by atoms with E-state index < -0.39 is 0 Å². The van der Waals surface area contributed by atoms with E-state index in [9.17, 15) is 0 Å². The van der Waals surface area contributed by atoms with Crippen LogP contribution in [-0.4, -0.2) is 9.97 Å². The molecule has 0 saturated heterocycles. The normalized spacial score (nSPS) is 12.2. The Hall–Kier alpha value is -5.31. The molecule has 4 nitrogen and oxygen atoms in total. The third kappa shape index (κ3) is 9.77. The molecule has 5 heteroatoms. The molecule has 0 atom stereocenters. The Balaban J connectivity index is 0.00000528. The van der Waals surface area contributed by atoms with Crippen molar-refractivity contribution in [1.82, 2.24) is 9.97 Å². The Morgan fingerprint density at radius 1 is 0.576 bits per heavy atom. The largest absolute Gasteiger partial charge is 2.00 e. The van der Waals surface area contributed by atoms with Crippen LogP contribution in [0.25, 0.3) is 66.7 Å². The molecule has 0 amide bonds. The van der Waals surface area contributed by atoms with Gasteiger partial charge in [0.25, 0.3) is 0 Å². The molecule has 59 heavy (non-hydrogen) atoms. The van der Waals surface area contributed by atoms with Crippen LogP contribution in [0.4, 0.5) is 0 Å². The fraction of sp³-hybridized carbons (Fsp3) is 0.259. The summed E-state index contributed by atoms with van der Waals surface area (Å²) in [5.41, 5.74) is 11.3. The molecule has 8 rings (SSSR count). The van der Waals surface area contributed by atoms with E-state index in [2.05, 4.69) is 172 Å². The van der Waals surface area contributed by atoms with Crippen LogP contribution < -0.4 is 4.74 Å². The Kier molecular flexibility index (Phi) is 11.6. The number of furan rings is 1. The summed E-state index contributed by atoms with van der Waals surface area (Å²) in [5, 5.41) is 2.93. The number of ether oxygens (including phenoxy) is 1. The van der Waals surface area contributed by atoms with Gasteiger partial charge in [0.2, 0.25) is 0 Å². The number of fused-ring (bicyclic) bond motifs is 2. The molecule has 0 N–H and O–H groups in total. The monoisotopic (exact) mass is 955 g/mol. The van der Waals surface area contributed by atoms with Gasteiger partial charge in [-0.25, -0.2) is 0 Å². The zero-order valence-corrected chi connectivity index (χ0v) is 37.8. The van der Waals surface area contributed by atoms with E-state index >= 15 is 0 Å². The molecule has 0 fully saturated rings. The molecule has 3 aromatic heterocycles. The summed E-state index contributed by atoms with van der Waals surface area (Å²) in [4.78, 5) is 9.68. The van der Waals surface area contributed by atoms with Crippen molar-refractivity contribution in [3.05, 3.63) is 156 Å². The topological polar surface area (TPSA) is 48.2 Å². The number of nitrogens with zero attached hydrogens (tertiary/aromatic N) is 2. The molecule has 5 aromatic carbocycles. The van der Waals surface area contributed by atoms with E-state index in [0.717, 1.165) is 68.3 Å². The van der Waals surface area contributed by atoms with Crippen LogP contribution in [0.15, 0.2) is 132 Å². The number of aromatic nitrogens is 2. The standard InChI is InChI=1S/C54H52N2O2.Pt/c1-52(2,3)33-35-14-18-37(19-15-35)41-27-42(47-32-44(23-25-55-47)54(7,8)9)29-45(28-41)57-49-31-43(26-39-12-10-11-13-46(39)49)50-51-40(22-24-56-50)30-48(58-51)38-20-16-36(17-21-38)34-53(4,5)6;/h10-28,30,32H,33-34H2,1-9H3;/q-2;+2. The number of hydrogen-bond acceptors (Lipinski definition) is 4. The predicted molar refractivity (Wildman–Crippen MR) is 240 cm³/mol. The number of benzene rings is 5. The van der Waals surface area contributed by atoms with E-state index in [1.165, 1.54) is 16.7 Å². The van der Waals surface area contributed by atoms with Crippen LogP contribution >= 0.6 is 0 Å². The van der Waals surface area contributed by atoms with Gasteiger partial charge in [0, 0.05) is 34.8 Å². The van der Waals surface area contributed by atoms with Crippen LogP contribution in [0.2, 0.25) is 0 Å². The smallest absolute Gasteiger partial charge is 0.496 e. The molecule has 3 heterocycles. The second-order valence-electron chi connectivity index (χ2n) is 19.1. The average Bonchev–Trinajstić information content (AvgIpc) is 3.62. The summed E-state index contributed by atoms with van der Waals surface area (Å²) < 4.78 is 13.5. The molecule has 0 radical (unpaired) electrons. The zero-order valence-electron chi connectivity index (χ0n) is 35.6.